The molecule has 2 aromatic carbocycles. The summed E-state index contributed by atoms with van der Waals surface area (Å²) < 4.78 is 85.2. The van der Waals surface area contributed by atoms with E-state index in [4.69, 9.17) is 22.1 Å². The van der Waals surface area contributed by atoms with E-state index in [0.717, 1.165) is 22.8 Å². The number of aromatic nitrogens is 3. The highest BCUT2D eigenvalue weighted by Crippen LogP contribution is 2.37. The number of ketones is 1. The summed E-state index contributed by atoms with van der Waals surface area (Å²) in [6, 6.07) is 10.0. The first-order valence-electron chi connectivity index (χ1n) is 11.3. The molecule has 1 heterocycles. The Morgan fingerprint density at radius 1 is 1.03 bits per heavy atom. The molecule has 39 heavy (non-hydrogen) atoms. The van der Waals surface area contributed by atoms with Crippen molar-refractivity contribution in [1.82, 2.24) is 14.3 Å². The van der Waals surface area contributed by atoms with Crippen LogP contribution in [0.3, 0.4) is 0 Å². The minimum atomic E-state index is -4.78. The average Bonchev–Trinajstić information content (AvgIpc) is 3.14. The van der Waals surface area contributed by atoms with Gasteiger partial charge in [-0.2, -0.15) is 26.3 Å². The van der Waals surface area contributed by atoms with Gasteiger partial charge in [0.1, 0.15) is 12.6 Å². The number of primary amides is 1. The molecule has 3 aromatic rings. The van der Waals surface area contributed by atoms with Crippen molar-refractivity contribution in [1.29, 1.82) is 0 Å². The van der Waals surface area contributed by atoms with E-state index in [2.05, 4.69) is 5.10 Å². The Kier molecular flexibility index (Phi) is 9.10. The van der Waals surface area contributed by atoms with Crippen LogP contribution in [0.5, 0.6) is 0 Å². The topological polar surface area (TPSA) is 109 Å². The van der Waals surface area contributed by atoms with Crippen molar-refractivity contribution in [3.05, 3.63) is 75.2 Å². The average molecular weight is 579 g/mol. The molecule has 0 saturated heterocycles. The van der Waals surface area contributed by atoms with Crippen LogP contribution >= 0.6 is 11.6 Å². The van der Waals surface area contributed by atoms with Gasteiger partial charge in [0.2, 0.25) is 0 Å². The molecule has 0 aliphatic carbocycles. The van der Waals surface area contributed by atoms with Crippen LogP contribution in [0, 0.1) is 0 Å². The van der Waals surface area contributed by atoms with Crippen molar-refractivity contribution in [2.24, 2.45) is 5.73 Å². The molecular formula is C24H21ClF6N4O4. The normalized spacial score (nSPS) is 12.8. The van der Waals surface area contributed by atoms with Gasteiger partial charge in [0, 0.05) is 29.1 Å². The molecule has 0 aliphatic rings. The van der Waals surface area contributed by atoms with E-state index in [0.29, 0.717) is 9.70 Å². The Morgan fingerprint density at radius 3 is 2.26 bits per heavy atom. The summed E-state index contributed by atoms with van der Waals surface area (Å²) in [6.07, 6.45) is -14.5. The fraction of sp³-hybridized carbons (Fsp3) is 0.333. The number of amides is 1. The van der Waals surface area contributed by atoms with E-state index in [1.807, 2.05) is 0 Å². The highest BCUT2D eigenvalue weighted by Gasteiger charge is 2.36. The van der Waals surface area contributed by atoms with Crippen molar-refractivity contribution < 1.29 is 40.7 Å². The van der Waals surface area contributed by atoms with Gasteiger partial charge in [0.25, 0.3) is 0 Å². The van der Waals surface area contributed by atoms with E-state index in [-0.39, 0.29) is 11.4 Å². The zero-order valence-corrected chi connectivity index (χ0v) is 20.7. The van der Waals surface area contributed by atoms with Gasteiger partial charge >= 0.3 is 24.1 Å². The number of halogens is 7. The van der Waals surface area contributed by atoms with E-state index in [1.165, 1.54) is 30.3 Å². The smallest absolute Gasteiger partial charge is 0.416 e. The first-order valence-corrected chi connectivity index (χ1v) is 11.7. The third kappa shape index (κ3) is 8.09. The van der Waals surface area contributed by atoms with Crippen molar-refractivity contribution in [2.45, 2.75) is 50.8 Å². The summed E-state index contributed by atoms with van der Waals surface area (Å²) in [5, 5.41) is 4.34. The first kappa shape index (κ1) is 29.7. The summed E-state index contributed by atoms with van der Waals surface area (Å²) in [5.74, 6) is -0.842. The number of nitrogens with zero attached hydrogens (tertiary/aromatic N) is 3. The number of rotatable bonds is 10. The maximum atomic E-state index is 13.5. The van der Waals surface area contributed by atoms with Crippen LogP contribution in [0.1, 0.15) is 36.5 Å². The summed E-state index contributed by atoms with van der Waals surface area (Å²) in [7, 11) is 0. The Hall–Kier alpha value is -3.81. The highest BCUT2D eigenvalue weighted by atomic mass is 35.5. The molecule has 8 nitrogen and oxygen atoms in total. The second-order valence-electron chi connectivity index (χ2n) is 8.38. The number of carbonyl (C=O) groups excluding carboxylic acids is 2. The van der Waals surface area contributed by atoms with Crippen molar-refractivity contribution in [2.75, 3.05) is 0 Å². The fourth-order valence-electron chi connectivity index (χ4n) is 3.79. The molecule has 15 heteroatoms. The summed E-state index contributed by atoms with van der Waals surface area (Å²) in [4.78, 5) is 36.9. The molecule has 1 atom stereocenters. The SMILES string of the molecule is NC(=O)OC(CCC(=O)Cn1nc(-c2ccc(Cl)cc2)n(CCC(F)(F)F)c1=O)c1ccccc1C(F)(F)F. The molecule has 2 N–H and O–H groups in total. The zero-order chi connectivity index (χ0) is 29.0. The zero-order valence-electron chi connectivity index (χ0n) is 19.9. The maximum Gasteiger partial charge on any atom is 0.416 e. The standard InChI is InChI=1S/C24H21ClF6N4O4/c25-15-7-5-14(6-8-15)20-33-35(22(38)34(20)12-11-23(26,27)28)13-16(36)9-10-19(39-21(32)37)17-3-1-2-4-18(17)24(29,30)31/h1-8,19H,9-13H2,(H2,32,37). The Morgan fingerprint density at radius 2 is 1.67 bits per heavy atom. The molecule has 210 valence electrons. The van der Waals surface area contributed by atoms with Gasteiger partial charge in [-0.25, -0.2) is 14.3 Å². The number of benzene rings is 2. The second-order valence-corrected chi connectivity index (χ2v) is 8.81. The van der Waals surface area contributed by atoms with Crippen LogP contribution in [0.4, 0.5) is 31.1 Å². The molecule has 1 aromatic heterocycles. The molecule has 0 aliphatic heterocycles. The lowest BCUT2D eigenvalue weighted by molar-refractivity contribution is -0.139. The van der Waals surface area contributed by atoms with Crippen LogP contribution in [-0.2, 0) is 28.8 Å². The second kappa shape index (κ2) is 11.9. The lowest BCUT2D eigenvalue weighted by Crippen LogP contribution is -2.29. The first-order chi connectivity index (χ1) is 18.2. The Labute approximate surface area is 221 Å². The van der Waals surface area contributed by atoms with Crippen LogP contribution < -0.4 is 11.4 Å². The van der Waals surface area contributed by atoms with Gasteiger partial charge in [-0.3, -0.25) is 9.36 Å². The third-order valence-electron chi connectivity index (χ3n) is 5.53. The molecule has 0 saturated carbocycles. The van der Waals surface area contributed by atoms with Gasteiger partial charge < -0.3 is 10.5 Å². The molecule has 0 bridgehead atoms. The van der Waals surface area contributed by atoms with E-state index < -0.39 is 79.5 Å². The number of alkyl halides is 6. The monoisotopic (exact) mass is 578 g/mol. The third-order valence-corrected chi connectivity index (χ3v) is 5.78. The van der Waals surface area contributed by atoms with Crippen molar-refractivity contribution in [3.63, 3.8) is 0 Å². The number of carbonyl (C=O) groups is 2. The summed E-state index contributed by atoms with van der Waals surface area (Å²) >= 11 is 5.85. The number of nitrogens with two attached hydrogens (primary N) is 1. The predicted molar refractivity (Wildman–Crippen MR) is 127 cm³/mol. The molecular weight excluding hydrogens is 558 g/mol. The summed E-state index contributed by atoms with van der Waals surface area (Å²) in [5.41, 5.74) is 2.77. The minimum absolute atomic E-state index is 0.136. The van der Waals surface area contributed by atoms with Gasteiger partial charge in [-0.15, -0.1) is 5.10 Å². The van der Waals surface area contributed by atoms with Crippen molar-refractivity contribution >= 4 is 23.5 Å². The highest BCUT2D eigenvalue weighted by molar-refractivity contribution is 6.30. The molecule has 0 spiro atoms. The number of ether oxygens (including phenoxy) is 1. The maximum absolute atomic E-state index is 13.5. The lowest BCUT2D eigenvalue weighted by Gasteiger charge is -2.21. The largest absolute Gasteiger partial charge is 0.441 e. The molecule has 3 rings (SSSR count). The van der Waals surface area contributed by atoms with Gasteiger partial charge in [0.05, 0.1) is 12.0 Å². The van der Waals surface area contributed by atoms with E-state index in [1.54, 1.807) is 0 Å². The lowest BCUT2D eigenvalue weighted by atomic mass is 9.97. The van der Waals surface area contributed by atoms with Crippen LogP contribution in [0.2, 0.25) is 5.02 Å². The molecule has 0 fully saturated rings. The fourth-order valence-corrected chi connectivity index (χ4v) is 3.91. The molecule has 0 radical (unpaired) electrons. The van der Waals surface area contributed by atoms with Crippen LogP contribution in [0.25, 0.3) is 11.4 Å². The van der Waals surface area contributed by atoms with E-state index >= 15 is 0 Å². The predicted octanol–water partition coefficient (Wildman–Crippen LogP) is 5.52. The summed E-state index contributed by atoms with van der Waals surface area (Å²) in [6.45, 7) is -1.46. The quantitative estimate of drug-likeness (QED) is 0.319. The van der Waals surface area contributed by atoms with Crippen LogP contribution in [-0.4, -0.2) is 32.4 Å². The van der Waals surface area contributed by atoms with Gasteiger partial charge in [-0.1, -0.05) is 29.8 Å². The molecule has 1 unspecified atom stereocenters. The van der Waals surface area contributed by atoms with Crippen LogP contribution in [0.15, 0.2) is 53.3 Å². The number of Topliss-reactive ketones (excluding diaryl/α,β-unsaturated/α-hetero) is 1. The molecule has 1 amide bonds. The van der Waals surface area contributed by atoms with Crippen molar-refractivity contribution in [3.8, 4) is 11.4 Å². The van der Waals surface area contributed by atoms with Gasteiger partial charge in [0.15, 0.2) is 11.6 Å². The van der Waals surface area contributed by atoms with Gasteiger partial charge in [-0.05, 0) is 36.8 Å². The Bertz CT molecular complexity index is 1380. The van der Waals surface area contributed by atoms with E-state index in [9.17, 15) is 40.7 Å². The number of hydrogen-bond acceptors (Lipinski definition) is 5. The minimum Gasteiger partial charge on any atom is -0.441 e. The Balaban J connectivity index is 1.84. The number of hydrogen-bond donors (Lipinski definition) is 1.